The quantitative estimate of drug-likeness (QED) is 0.661. The van der Waals surface area contributed by atoms with Crippen molar-refractivity contribution in [1.29, 1.82) is 0 Å². The largest absolute Gasteiger partial charge is 0.465 e. The summed E-state index contributed by atoms with van der Waals surface area (Å²) in [5.74, 6) is 0.902. The smallest absolute Gasteiger partial charge is 0.407 e. The molecule has 1 fully saturated rings. The van der Waals surface area contributed by atoms with Gasteiger partial charge in [-0.3, -0.25) is 0 Å². The Morgan fingerprint density at radius 1 is 1.33 bits per heavy atom. The van der Waals surface area contributed by atoms with E-state index in [9.17, 15) is 9.90 Å². The highest BCUT2D eigenvalue weighted by Crippen LogP contribution is 2.30. The van der Waals surface area contributed by atoms with Gasteiger partial charge in [-0.25, -0.2) is 9.78 Å². The van der Waals surface area contributed by atoms with Crippen molar-refractivity contribution in [3.63, 3.8) is 0 Å². The molecule has 0 unspecified atom stereocenters. The molecule has 2 aliphatic rings. The van der Waals surface area contributed by atoms with E-state index in [1.165, 1.54) is 4.90 Å². The van der Waals surface area contributed by atoms with Gasteiger partial charge in [-0.05, 0) is 37.7 Å². The minimum atomic E-state index is -0.905. The summed E-state index contributed by atoms with van der Waals surface area (Å²) in [6.45, 7) is 0.824. The number of nitrogens with zero attached hydrogens (tertiary/aromatic N) is 3. The summed E-state index contributed by atoms with van der Waals surface area (Å²) < 4.78 is 0. The minimum absolute atomic E-state index is 0.207. The summed E-state index contributed by atoms with van der Waals surface area (Å²) in [5, 5.41) is 22.1. The number of carbonyl (C=O) groups is 1. The molecule has 2 heterocycles. The van der Waals surface area contributed by atoms with Gasteiger partial charge in [0.2, 0.25) is 5.95 Å². The van der Waals surface area contributed by atoms with Crippen LogP contribution >= 0.6 is 0 Å². The maximum absolute atomic E-state index is 11.0. The van der Waals surface area contributed by atoms with Gasteiger partial charge >= 0.3 is 6.09 Å². The summed E-state index contributed by atoms with van der Waals surface area (Å²) in [6, 6.07) is 0.251. The molecule has 8 heteroatoms. The average molecular weight is 333 g/mol. The fourth-order valence-electron chi connectivity index (χ4n) is 3.24. The summed E-state index contributed by atoms with van der Waals surface area (Å²) in [6.07, 6.45) is 6.45. The number of hydrogen-bond donors (Lipinski definition) is 4. The molecule has 1 aliphatic heterocycles. The van der Waals surface area contributed by atoms with E-state index in [0.717, 1.165) is 36.8 Å². The number of hydrogen-bond acceptors (Lipinski definition) is 6. The Morgan fingerprint density at radius 2 is 2.08 bits per heavy atom. The Kier molecular flexibility index (Phi) is 4.84. The number of carboxylic acid groups (broad SMARTS) is 1. The Morgan fingerprint density at radius 3 is 2.71 bits per heavy atom. The third-order valence-corrected chi connectivity index (χ3v) is 4.67. The molecule has 0 atom stereocenters. The lowest BCUT2D eigenvalue weighted by Crippen LogP contribution is -2.33. The number of amides is 1. The predicted octanol–water partition coefficient (Wildman–Crippen LogP) is 1.54. The van der Waals surface area contributed by atoms with Gasteiger partial charge in [0, 0.05) is 30.9 Å². The molecule has 0 aromatic carbocycles. The lowest BCUT2D eigenvalue weighted by atomic mass is 9.92. The first-order valence-corrected chi connectivity index (χ1v) is 8.27. The number of nitrogens with one attached hydrogen (secondary N) is 1. The molecule has 0 spiro atoms. The van der Waals surface area contributed by atoms with Crippen molar-refractivity contribution in [2.75, 3.05) is 24.1 Å². The van der Waals surface area contributed by atoms with Crippen LogP contribution < -0.4 is 11.1 Å². The normalized spacial score (nSPS) is 24.4. The third kappa shape index (κ3) is 3.76. The van der Waals surface area contributed by atoms with Crippen LogP contribution in [-0.4, -0.2) is 56.4 Å². The number of aromatic nitrogens is 2. The van der Waals surface area contributed by atoms with E-state index in [0.29, 0.717) is 25.3 Å². The van der Waals surface area contributed by atoms with Crippen molar-refractivity contribution in [2.24, 2.45) is 0 Å². The van der Waals surface area contributed by atoms with Crippen molar-refractivity contribution in [3.8, 4) is 0 Å². The second-order valence-electron chi connectivity index (χ2n) is 6.35. The molecule has 130 valence electrons. The van der Waals surface area contributed by atoms with E-state index in [1.807, 2.05) is 6.08 Å². The van der Waals surface area contributed by atoms with Gasteiger partial charge in [0.1, 0.15) is 5.82 Å². The Labute approximate surface area is 140 Å². The van der Waals surface area contributed by atoms with Gasteiger partial charge < -0.3 is 26.2 Å². The Hall–Kier alpha value is -2.35. The van der Waals surface area contributed by atoms with Crippen LogP contribution in [0.25, 0.3) is 5.57 Å². The van der Waals surface area contributed by atoms with Gasteiger partial charge in [0.05, 0.1) is 6.10 Å². The van der Waals surface area contributed by atoms with Crippen LogP contribution in [0, 0.1) is 0 Å². The first-order valence-electron chi connectivity index (χ1n) is 8.27. The maximum atomic E-state index is 11.0. The second-order valence-corrected chi connectivity index (χ2v) is 6.35. The molecule has 0 saturated heterocycles. The van der Waals surface area contributed by atoms with Gasteiger partial charge in [-0.15, -0.1) is 0 Å². The van der Waals surface area contributed by atoms with E-state index >= 15 is 0 Å². The minimum Gasteiger partial charge on any atom is -0.465 e. The van der Waals surface area contributed by atoms with E-state index in [2.05, 4.69) is 15.3 Å². The van der Waals surface area contributed by atoms with Crippen LogP contribution in [0.15, 0.2) is 12.3 Å². The van der Waals surface area contributed by atoms with E-state index < -0.39 is 6.09 Å². The number of rotatable bonds is 3. The fourth-order valence-corrected chi connectivity index (χ4v) is 3.24. The zero-order valence-electron chi connectivity index (χ0n) is 13.5. The SMILES string of the molecule is Nc1ncc(C2=CCN(C(=O)O)CC2)c(NC2CCC(O)CC2)n1. The monoisotopic (exact) mass is 333 g/mol. The van der Waals surface area contributed by atoms with Crippen molar-refractivity contribution < 1.29 is 15.0 Å². The summed E-state index contributed by atoms with van der Waals surface area (Å²) >= 11 is 0. The molecule has 1 amide bonds. The third-order valence-electron chi connectivity index (χ3n) is 4.67. The highest BCUT2D eigenvalue weighted by Gasteiger charge is 2.23. The molecule has 3 rings (SSSR count). The van der Waals surface area contributed by atoms with Crippen LogP contribution in [0.2, 0.25) is 0 Å². The van der Waals surface area contributed by atoms with Gasteiger partial charge in [0.25, 0.3) is 0 Å². The molecule has 0 bridgehead atoms. The van der Waals surface area contributed by atoms with Gasteiger partial charge in [-0.2, -0.15) is 4.98 Å². The molecule has 0 radical (unpaired) electrons. The Balaban J connectivity index is 1.77. The molecule has 1 aromatic rings. The van der Waals surface area contributed by atoms with Crippen LogP contribution in [0.1, 0.15) is 37.7 Å². The number of nitrogen functional groups attached to an aromatic ring is 1. The molecule has 5 N–H and O–H groups in total. The van der Waals surface area contributed by atoms with Crippen molar-refractivity contribution in [1.82, 2.24) is 14.9 Å². The first kappa shape index (κ1) is 16.5. The fraction of sp³-hybridized carbons (Fsp3) is 0.562. The van der Waals surface area contributed by atoms with Crippen LogP contribution in [0.5, 0.6) is 0 Å². The highest BCUT2D eigenvalue weighted by atomic mass is 16.4. The highest BCUT2D eigenvalue weighted by molar-refractivity contribution is 5.76. The van der Waals surface area contributed by atoms with Gasteiger partial charge in [0.15, 0.2) is 0 Å². The number of nitrogens with two attached hydrogens (primary N) is 1. The standard InChI is InChI=1S/C16H23N5O3/c17-15-18-9-13(10-5-7-21(8-6-10)16(23)24)14(20-15)19-11-1-3-12(22)4-2-11/h5,9,11-12,22H,1-4,6-8H2,(H,23,24)(H3,17,18,19,20). The van der Waals surface area contributed by atoms with Crippen LogP contribution in [-0.2, 0) is 0 Å². The molecular weight excluding hydrogens is 310 g/mol. The maximum Gasteiger partial charge on any atom is 0.407 e. The van der Waals surface area contributed by atoms with E-state index in [1.54, 1.807) is 6.20 Å². The summed E-state index contributed by atoms with van der Waals surface area (Å²) in [5.41, 5.74) is 7.65. The van der Waals surface area contributed by atoms with Crippen LogP contribution in [0.4, 0.5) is 16.6 Å². The molecule has 1 aliphatic carbocycles. The molecule has 24 heavy (non-hydrogen) atoms. The van der Waals surface area contributed by atoms with Gasteiger partial charge in [-0.1, -0.05) is 6.08 Å². The molecule has 1 aromatic heterocycles. The lowest BCUT2D eigenvalue weighted by molar-refractivity contribution is 0.126. The van der Waals surface area contributed by atoms with Crippen molar-refractivity contribution in [3.05, 3.63) is 17.8 Å². The topological polar surface area (TPSA) is 125 Å². The zero-order chi connectivity index (χ0) is 17.1. The molecular formula is C16H23N5O3. The lowest BCUT2D eigenvalue weighted by Gasteiger charge is -2.28. The number of aliphatic hydroxyl groups is 1. The van der Waals surface area contributed by atoms with Crippen LogP contribution in [0.3, 0.4) is 0 Å². The zero-order valence-corrected chi connectivity index (χ0v) is 13.5. The number of aliphatic hydroxyl groups excluding tert-OH is 1. The molecule has 1 saturated carbocycles. The number of anilines is 2. The second kappa shape index (κ2) is 7.04. The van der Waals surface area contributed by atoms with Crippen molar-refractivity contribution in [2.45, 2.75) is 44.2 Å². The summed E-state index contributed by atoms with van der Waals surface area (Å²) in [7, 11) is 0. The molecule has 8 nitrogen and oxygen atoms in total. The Bertz CT molecular complexity index is 641. The van der Waals surface area contributed by atoms with Crippen molar-refractivity contribution >= 4 is 23.4 Å². The predicted molar refractivity (Wildman–Crippen MR) is 90.5 cm³/mol. The summed E-state index contributed by atoms with van der Waals surface area (Å²) in [4.78, 5) is 20.8. The first-order chi connectivity index (χ1) is 11.5. The van der Waals surface area contributed by atoms with E-state index in [-0.39, 0.29) is 18.1 Å². The average Bonchev–Trinajstić information content (AvgIpc) is 2.57. The van der Waals surface area contributed by atoms with E-state index in [4.69, 9.17) is 10.8 Å².